The Morgan fingerprint density at radius 2 is 1.95 bits per heavy atom. The lowest BCUT2D eigenvalue weighted by atomic mass is 10.2. The van der Waals surface area contributed by atoms with Crippen molar-refractivity contribution in [3.8, 4) is 0 Å². The Morgan fingerprint density at radius 3 is 2.65 bits per heavy atom. The lowest BCUT2D eigenvalue weighted by molar-refractivity contribution is -0.116. The molecule has 0 saturated carbocycles. The average molecular weight is 334 g/mol. The van der Waals surface area contributed by atoms with Crippen LogP contribution in [0.15, 0.2) is 59.1 Å². The van der Waals surface area contributed by atoms with Gasteiger partial charge in [-0.2, -0.15) is 0 Å². The highest BCUT2D eigenvalue weighted by molar-refractivity contribution is 9.10. The minimum absolute atomic E-state index is 0.186. The predicted molar refractivity (Wildman–Crippen MR) is 81.4 cm³/mol. The molecule has 2 aromatic carbocycles. The first-order valence-electron chi connectivity index (χ1n) is 6.09. The van der Waals surface area contributed by atoms with Gasteiger partial charge in [-0.3, -0.25) is 4.79 Å². The van der Waals surface area contributed by atoms with E-state index in [0.717, 1.165) is 15.6 Å². The lowest BCUT2D eigenvalue weighted by Crippen LogP contribution is -2.20. The summed E-state index contributed by atoms with van der Waals surface area (Å²) in [5.41, 5.74) is 1.80. The van der Waals surface area contributed by atoms with E-state index in [1.165, 1.54) is 18.2 Å². The largest absolute Gasteiger partial charge is 0.348 e. The quantitative estimate of drug-likeness (QED) is 0.844. The van der Waals surface area contributed by atoms with Gasteiger partial charge >= 0.3 is 0 Å². The van der Waals surface area contributed by atoms with Gasteiger partial charge in [0, 0.05) is 17.1 Å². The maximum absolute atomic E-state index is 12.7. The second-order valence-corrected chi connectivity index (χ2v) is 5.15. The first-order valence-corrected chi connectivity index (χ1v) is 6.89. The van der Waals surface area contributed by atoms with Crippen molar-refractivity contribution in [2.24, 2.45) is 0 Å². The molecule has 0 bridgehead atoms. The molecular formula is C16H13BrFNO. The smallest absolute Gasteiger partial charge is 0.244 e. The Morgan fingerprint density at radius 1 is 1.20 bits per heavy atom. The topological polar surface area (TPSA) is 29.1 Å². The number of hydrogen-bond donors (Lipinski definition) is 1. The monoisotopic (exact) mass is 333 g/mol. The Kier molecular flexibility index (Phi) is 5.07. The van der Waals surface area contributed by atoms with E-state index < -0.39 is 0 Å². The van der Waals surface area contributed by atoms with Crippen LogP contribution in [0.2, 0.25) is 0 Å². The minimum Gasteiger partial charge on any atom is -0.348 e. The van der Waals surface area contributed by atoms with Gasteiger partial charge in [0.25, 0.3) is 0 Å². The Bertz CT molecular complexity index is 623. The zero-order valence-corrected chi connectivity index (χ0v) is 12.2. The van der Waals surface area contributed by atoms with E-state index in [-0.39, 0.29) is 11.7 Å². The summed E-state index contributed by atoms with van der Waals surface area (Å²) in [4.78, 5) is 11.7. The summed E-state index contributed by atoms with van der Waals surface area (Å²) < 4.78 is 13.7. The van der Waals surface area contributed by atoms with E-state index in [1.807, 2.05) is 24.3 Å². The predicted octanol–water partition coefficient (Wildman–Crippen LogP) is 3.92. The molecule has 0 unspecified atom stereocenters. The van der Waals surface area contributed by atoms with Crippen LogP contribution < -0.4 is 5.32 Å². The number of carbonyl (C=O) groups excluding carboxylic acids is 1. The molecule has 20 heavy (non-hydrogen) atoms. The summed E-state index contributed by atoms with van der Waals surface area (Å²) in [7, 11) is 0. The molecule has 0 atom stereocenters. The first kappa shape index (κ1) is 14.5. The molecule has 0 radical (unpaired) electrons. The van der Waals surface area contributed by atoms with Gasteiger partial charge in [-0.15, -0.1) is 0 Å². The van der Waals surface area contributed by atoms with Gasteiger partial charge < -0.3 is 5.32 Å². The van der Waals surface area contributed by atoms with Crippen molar-refractivity contribution in [3.05, 3.63) is 76.0 Å². The van der Waals surface area contributed by atoms with Crippen LogP contribution in [0.25, 0.3) is 6.08 Å². The fourth-order valence-corrected chi connectivity index (χ4v) is 2.05. The van der Waals surface area contributed by atoms with Crippen molar-refractivity contribution in [3.63, 3.8) is 0 Å². The maximum Gasteiger partial charge on any atom is 0.244 e. The van der Waals surface area contributed by atoms with Gasteiger partial charge in [0.2, 0.25) is 5.91 Å². The molecule has 0 heterocycles. The molecule has 0 spiro atoms. The van der Waals surface area contributed by atoms with Gasteiger partial charge in [-0.25, -0.2) is 4.39 Å². The number of nitrogens with one attached hydrogen (secondary N) is 1. The third-order valence-electron chi connectivity index (χ3n) is 2.66. The van der Waals surface area contributed by atoms with Gasteiger partial charge in [0.15, 0.2) is 0 Å². The number of halogens is 2. The highest BCUT2D eigenvalue weighted by Crippen LogP contribution is 2.12. The summed E-state index contributed by atoms with van der Waals surface area (Å²) in [6, 6.07) is 13.7. The van der Waals surface area contributed by atoms with Gasteiger partial charge in [-0.05, 0) is 41.5 Å². The van der Waals surface area contributed by atoms with Crippen LogP contribution in [0.3, 0.4) is 0 Å². The molecule has 102 valence electrons. The molecular weight excluding hydrogens is 321 g/mol. The molecule has 1 N–H and O–H groups in total. The first-order chi connectivity index (χ1) is 9.63. The Balaban J connectivity index is 1.88. The molecule has 0 saturated heterocycles. The van der Waals surface area contributed by atoms with Crippen LogP contribution in [0, 0.1) is 5.82 Å². The van der Waals surface area contributed by atoms with Crippen LogP contribution in [-0.2, 0) is 11.3 Å². The minimum atomic E-state index is -0.283. The van der Waals surface area contributed by atoms with Crippen LogP contribution in [0.4, 0.5) is 4.39 Å². The van der Waals surface area contributed by atoms with E-state index in [1.54, 1.807) is 18.2 Å². The summed E-state index contributed by atoms with van der Waals surface area (Å²) in [6.07, 6.45) is 3.22. The third kappa shape index (κ3) is 4.63. The van der Waals surface area contributed by atoms with Crippen molar-refractivity contribution < 1.29 is 9.18 Å². The van der Waals surface area contributed by atoms with Gasteiger partial charge in [0.05, 0.1) is 0 Å². The highest BCUT2D eigenvalue weighted by Gasteiger charge is 1.97. The zero-order chi connectivity index (χ0) is 14.4. The number of benzene rings is 2. The second-order valence-electron chi connectivity index (χ2n) is 4.23. The molecule has 0 fully saturated rings. The molecule has 0 aromatic heterocycles. The zero-order valence-electron chi connectivity index (χ0n) is 10.6. The van der Waals surface area contributed by atoms with Crippen molar-refractivity contribution in [1.82, 2.24) is 5.32 Å². The fraction of sp³-hybridized carbons (Fsp3) is 0.0625. The fourth-order valence-electron chi connectivity index (χ4n) is 1.63. The maximum atomic E-state index is 12.7. The van der Waals surface area contributed by atoms with Crippen molar-refractivity contribution in [2.45, 2.75) is 6.54 Å². The molecule has 2 aromatic rings. The summed E-state index contributed by atoms with van der Waals surface area (Å²) in [5, 5.41) is 2.74. The second kappa shape index (κ2) is 7.01. The third-order valence-corrected chi connectivity index (χ3v) is 3.15. The van der Waals surface area contributed by atoms with E-state index in [4.69, 9.17) is 0 Å². The van der Waals surface area contributed by atoms with Crippen LogP contribution in [0.1, 0.15) is 11.1 Å². The van der Waals surface area contributed by atoms with E-state index in [9.17, 15) is 9.18 Å². The van der Waals surface area contributed by atoms with Crippen molar-refractivity contribution in [1.29, 1.82) is 0 Å². The van der Waals surface area contributed by atoms with Crippen LogP contribution >= 0.6 is 15.9 Å². The number of amides is 1. The highest BCUT2D eigenvalue weighted by atomic mass is 79.9. The normalized spacial score (nSPS) is 10.7. The van der Waals surface area contributed by atoms with Crippen LogP contribution in [-0.4, -0.2) is 5.91 Å². The van der Waals surface area contributed by atoms with E-state index >= 15 is 0 Å². The van der Waals surface area contributed by atoms with Crippen molar-refractivity contribution in [2.75, 3.05) is 0 Å². The average Bonchev–Trinajstić information content (AvgIpc) is 2.45. The molecule has 2 rings (SSSR count). The van der Waals surface area contributed by atoms with Gasteiger partial charge in [-0.1, -0.05) is 40.2 Å². The molecule has 4 heteroatoms. The number of hydrogen-bond acceptors (Lipinski definition) is 1. The lowest BCUT2D eigenvalue weighted by Gasteiger charge is -2.02. The summed E-state index contributed by atoms with van der Waals surface area (Å²) >= 11 is 3.37. The number of rotatable bonds is 4. The van der Waals surface area contributed by atoms with Crippen molar-refractivity contribution >= 4 is 27.9 Å². The van der Waals surface area contributed by atoms with E-state index in [0.29, 0.717) is 6.54 Å². The SMILES string of the molecule is O=C(C=Cc1cccc(Br)c1)NCc1ccc(F)cc1. The molecule has 0 aliphatic rings. The molecule has 2 nitrogen and oxygen atoms in total. The molecule has 0 aliphatic heterocycles. The van der Waals surface area contributed by atoms with Gasteiger partial charge in [0.1, 0.15) is 5.82 Å². The molecule has 1 amide bonds. The molecule has 0 aliphatic carbocycles. The summed E-state index contributed by atoms with van der Waals surface area (Å²) in [5.74, 6) is -0.469. The van der Waals surface area contributed by atoms with Crippen LogP contribution in [0.5, 0.6) is 0 Å². The summed E-state index contributed by atoms with van der Waals surface area (Å²) in [6.45, 7) is 0.377. The Labute approximate surface area is 125 Å². The number of carbonyl (C=O) groups is 1. The van der Waals surface area contributed by atoms with E-state index in [2.05, 4.69) is 21.2 Å². The Hall–Kier alpha value is -1.94. The standard InChI is InChI=1S/C16H13BrFNO/c17-14-3-1-2-12(10-14)6-9-16(20)19-11-13-4-7-15(18)8-5-13/h1-10H,11H2,(H,19,20).